The third-order valence-electron chi connectivity index (χ3n) is 4.11. The zero-order valence-corrected chi connectivity index (χ0v) is 19.3. The summed E-state index contributed by atoms with van der Waals surface area (Å²) in [5, 5.41) is 12.0. The summed E-state index contributed by atoms with van der Waals surface area (Å²) >= 11 is 6.80. The van der Waals surface area contributed by atoms with Crippen molar-refractivity contribution in [2.24, 2.45) is 0 Å². The molecule has 1 unspecified atom stereocenters. The minimum absolute atomic E-state index is 0.00195. The lowest BCUT2D eigenvalue weighted by molar-refractivity contribution is 0.288. The molecule has 1 N–H and O–H groups in total. The van der Waals surface area contributed by atoms with Gasteiger partial charge < -0.3 is 5.11 Å². The summed E-state index contributed by atoms with van der Waals surface area (Å²) in [6, 6.07) is 16.7. The maximum atomic E-state index is 9.89. The zero-order valence-electron chi connectivity index (χ0n) is 16.1. The van der Waals surface area contributed by atoms with E-state index in [1.54, 1.807) is 52.3 Å². The van der Waals surface area contributed by atoms with Crippen molar-refractivity contribution in [2.45, 2.75) is 12.8 Å². The Morgan fingerprint density at radius 1 is 0.800 bits per heavy atom. The Morgan fingerprint density at radius 2 is 1.53 bits per heavy atom. The minimum atomic E-state index is -0.192. The molecule has 146 valence electrons. The molecule has 0 aliphatic carbocycles. The molecule has 30 heavy (non-hydrogen) atoms. The molecule has 0 radical (unpaired) electrons. The highest BCUT2D eigenvalue weighted by molar-refractivity contribution is 7.26. The van der Waals surface area contributed by atoms with Gasteiger partial charge in [-0.25, -0.2) is 0 Å². The van der Waals surface area contributed by atoms with Crippen molar-refractivity contribution < 1.29 is 5.11 Å². The Labute approximate surface area is 192 Å². The summed E-state index contributed by atoms with van der Waals surface area (Å²) in [5.41, 5.74) is 0. The van der Waals surface area contributed by atoms with Crippen molar-refractivity contribution in [1.29, 1.82) is 0 Å². The van der Waals surface area contributed by atoms with E-state index in [1.165, 1.54) is 19.5 Å². The Morgan fingerprint density at radius 3 is 2.27 bits per heavy atom. The first-order valence-corrected chi connectivity index (χ1v) is 12.5. The van der Waals surface area contributed by atoms with Crippen LogP contribution in [-0.4, -0.2) is 11.7 Å². The van der Waals surface area contributed by atoms with Gasteiger partial charge in [0.2, 0.25) is 0 Å². The maximum absolute atomic E-state index is 9.89. The molecular formula is C25H16OS4. The highest BCUT2D eigenvalue weighted by Crippen LogP contribution is 2.40. The molecule has 4 aromatic heterocycles. The predicted octanol–water partition coefficient (Wildman–Crippen LogP) is 6.77. The topological polar surface area (TPSA) is 20.2 Å². The normalized spacial score (nSPS) is 10.9. The van der Waals surface area contributed by atoms with E-state index < -0.39 is 0 Å². The summed E-state index contributed by atoms with van der Waals surface area (Å²) in [7, 11) is 0. The lowest BCUT2D eigenvalue weighted by atomic mass is 10.1. The van der Waals surface area contributed by atoms with E-state index in [2.05, 4.69) is 77.3 Å². The second-order valence-electron chi connectivity index (χ2n) is 6.14. The van der Waals surface area contributed by atoms with Gasteiger partial charge in [-0.1, -0.05) is 23.8 Å². The van der Waals surface area contributed by atoms with E-state index in [1.807, 2.05) is 12.1 Å². The van der Waals surface area contributed by atoms with Crippen molar-refractivity contribution in [3.8, 4) is 55.0 Å². The highest BCUT2D eigenvalue weighted by Gasteiger charge is 2.13. The Kier molecular flexibility index (Phi) is 6.88. The first-order chi connectivity index (χ1) is 14.8. The molecule has 4 heterocycles. The fourth-order valence-electron chi connectivity index (χ4n) is 2.69. The van der Waals surface area contributed by atoms with E-state index in [0.717, 1.165) is 14.6 Å². The van der Waals surface area contributed by atoms with Crippen LogP contribution in [-0.2, 0) is 0 Å². The van der Waals surface area contributed by atoms with E-state index in [9.17, 15) is 5.11 Å². The monoisotopic (exact) mass is 460 g/mol. The van der Waals surface area contributed by atoms with Crippen LogP contribution in [0.5, 0.6) is 0 Å². The summed E-state index contributed by atoms with van der Waals surface area (Å²) < 4.78 is 0. The molecule has 0 fully saturated rings. The molecule has 0 aromatic carbocycles. The number of aliphatic hydroxyl groups excluding tert-OH is 1. The van der Waals surface area contributed by atoms with Gasteiger partial charge in [0, 0.05) is 24.4 Å². The molecule has 0 aliphatic heterocycles. The SMILES string of the molecule is CC#CC#Cc1ccc(C#CC(CO)c2ccc(-c3ccc(-c4cccs4)s3)s2)s1. The van der Waals surface area contributed by atoms with Gasteiger partial charge in [-0.15, -0.1) is 45.3 Å². The lowest BCUT2D eigenvalue weighted by Crippen LogP contribution is -1.98. The molecule has 0 amide bonds. The molecule has 0 bridgehead atoms. The quantitative estimate of drug-likeness (QED) is 0.333. The predicted molar refractivity (Wildman–Crippen MR) is 132 cm³/mol. The molecule has 1 nitrogen and oxygen atoms in total. The van der Waals surface area contributed by atoms with Crippen LogP contribution in [0.3, 0.4) is 0 Å². The third-order valence-corrected chi connectivity index (χ3v) is 8.58. The smallest absolute Gasteiger partial charge is 0.0792 e. The van der Waals surface area contributed by atoms with Gasteiger partial charge in [-0.2, -0.15) is 0 Å². The number of rotatable bonds is 4. The Bertz CT molecular complexity index is 1310. The summed E-state index contributed by atoms with van der Waals surface area (Å²) in [6.07, 6.45) is 0. The van der Waals surface area contributed by atoms with E-state index in [-0.39, 0.29) is 12.5 Å². The lowest BCUT2D eigenvalue weighted by Gasteiger charge is -2.02. The van der Waals surface area contributed by atoms with Crippen molar-refractivity contribution in [3.05, 3.63) is 68.5 Å². The second-order valence-corrected chi connectivity index (χ2v) is 10.4. The van der Waals surface area contributed by atoms with Crippen LogP contribution in [0.25, 0.3) is 19.5 Å². The van der Waals surface area contributed by atoms with Crippen molar-refractivity contribution in [3.63, 3.8) is 0 Å². The number of thiophene rings is 4. The summed E-state index contributed by atoms with van der Waals surface area (Å²) in [6.45, 7) is 1.77. The van der Waals surface area contributed by atoms with E-state index in [0.29, 0.717) is 0 Å². The van der Waals surface area contributed by atoms with E-state index in [4.69, 9.17) is 0 Å². The average Bonchev–Trinajstić information content (AvgIpc) is 3.55. The number of hydrogen-bond donors (Lipinski definition) is 1. The van der Waals surface area contributed by atoms with Gasteiger partial charge in [-0.05, 0) is 72.5 Å². The fourth-order valence-corrected chi connectivity index (χ4v) is 6.39. The molecular weight excluding hydrogens is 445 g/mol. The molecule has 4 aromatic rings. The largest absolute Gasteiger partial charge is 0.395 e. The fraction of sp³-hybridized carbons (Fsp3) is 0.120. The van der Waals surface area contributed by atoms with Gasteiger partial charge in [0.25, 0.3) is 0 Å². The maximum Gasteiger partial charge on any atom is 0.0792 e. The minimum Gasteiger partial charge on any atom is -0.395 e. The van der Waals surface area contributed by atoms with Gasteiger partial charge in [0.15, 0.2) is 0 Å². The van der Waals surface area contributed by atoms with Crippen LogP contribution in [0.4, 0.5) is 0 Å². The Hall–Kier alpha value is -2.56. The van der Waals surface area contributed by atoms with Crippen LogP contribution in [0.2, 0.25) is 0 Å². The molecule has 0 spiro atoms. The number of hydrogen-bond acceptors (Lipinski definition) is 5. The van der Waals surface area contributed by atoms with Crippen molar-refractivity contribution in [2.75, 3.05) is 6.61 Å². The van der Waals surface area contributed by atoms with Gasteiger partial charge in [-0.3, -0.25) is 0 Å². The van der Waals surface area contributed by atoms with Crippen LogP contribution in [0.15, 0.2) is 53.9 Å². The highest BCUT2D eigenvalue weighted by atomic mass is 32.1. The Balaban J connectivity index is 1.50. The van der Waals surface area contributed by atoms with Crippen LogP contribution in [0, 0.1) is 35.5 Å². The van der Waals surface area contributed by atoms with E-state index >= 15 is 0 Å². The zero-order chi connectivity index (χ0) is 20.8. The molecule has 0 saturated carbocycles. The third kappa shape index (κ3) is 4.94. The molecule has 1 atom stereocenters. The molecule has 0 saturated heterocycles. The van der Waals surface area contributed by atoms with Crippen LogP contribution < -0.4 is 0 Å². The average molecular weight is 461 g/mol. The van der Waals surface area contributed by atoms with Crippen molar-refractivity contribution in [1.82, 2.24) is 0 Å². The summed E-state index contributed by atoms with van der Waals surface area (Å²) in [5.74, 6) is 17.6. The standard InChI is InChI=1S/C25H16OS4/c1-2-3-4-6-19-10-11-20(28-19)9-8-18(17-26)21-12-13-24(29-21)25-15-14-23(30-25)22-7-5-16-27-22/h5,7,10-16,18,26H,17H2,1H3. The van der Waals surface area contributed by atoms with Gasteiger partial charge in [0.05, 0.1) is 22.3 Å². The molecule has 0 aliphatic rings. The van der Waals surface area contributed by atoms with Crippen molar-refractivity contribution >= 4 is 45.3 Å². The molecule has 5 heteroatoms. The van der Waals surface area contributed by atoms with Crippen LogP contribution in [0.1, 0.15) is 27.5 Å². The number of aliphatic hydroxyl groups is 1. The van der Waals surface area contributed by atoms with Gasteiger partial charge in [0.1, 0.15) is 0 Å². The molecule has 4 rings (SSSR count). The first-order valence-electron chi connectivity index (χ1n) is 9.15. The van der Waals surface area contributed by atoms with Gasteiger partial charge >= 0.3 is 0 Å². The summed E-state index contributed by atoms with van der Waals surface area (Å²) in [4.78, 5) is 8.01. The van der Waals surface area contributed by atoms with Crippen LogP contribution >= 0.6 is 45.3 Å². The second kappa shape index (κ2) is 9.96. The first kappa shape index (κ1) is 20.7.